The Morgan fingerprint density at radius 2 is 1.62 bits per heavy atom. The summed E-state index contributed by atoms with van der Waals surface area (Å²) in [6.45, 7) is -0.00690. The molecule has 2 N–H and O–H groups in total. The van der Waals surface area contributed by atoms with Crippen molar-refractivity contribution < 1.29 is 9.59 Å². The van der Waals surface area contributed by atoms with Gasteiger partial charge in [0.05, 0.1) is 6.54 Å². The van der Waals surface area contributed by atoms with E-state index in [1.54, 1.807) is 36.4 Å². The largest absolute Gasteiger partial charge is 0.324 e. The summed E-state index contributed by atoms with van der Waals surface area (Å²) in [5.74, 6) is 0.00183. The molecule has 0 amide bonds. The molecular weight excluding hydrogens is 286 g/mol. The lowest BCUT2D eigenvalue weighted by molar-refractivity contribution is -0.117. The molecule has 2 aromatic carbocycles. The van der Waals surface area contributed by atoms with Crippen LogP contribution < -0.4 is 5.73 Å². The molecule has 2 aromatic rings. The van der Waals surface area contributed by atoms with Gasteiger partial charge in [-0.15, -0.1) is 0 Å². The summed E-state index contributed by atoms with van der Waals surface area (Å²) in [7, 11) is 0. The smallest absolute Gasteiger partial charge is 0.176 e. The monoisotopic (exact) mass is 301 g/mol. The van der Waals surface area contributed by atoms with E-state index in [2.05, 4.69) is 0 Å². The molecule has 0 spiro atoms. The topological polar surface area (TPSA) is 60.2 Å². The van der Waals surface area contributed by atoms with Crippen LogP contribution in [0.2, 0.25) is 5.02 Å². The van der Waals surface area contributed by atoms with Crippen molar-refractivity contribution in [1.82, 2.24) is 0 Å². The summed E-state index contributed by atoms with van der Waals surface area (Å²) >= 11 is 5.90. The first-order chi connectivity index (χ1) is 10.1. The van der Waals surface area contributed by atoms with Crippen LogP contribution >= 0.6 is 11.6 Å². The molecule has 0 heterocycles. The van der Waals surface area contributed by atoms with Gasteiger partial charge in [-0.25, -0.2) is 0 Å². The molecule has 0 saturated heterocycles. The quantitative estimate of drug-likeness (QED) is 0.835. The number of Topliss-reactive ketones (excluding diaryl/α,β-unsaturated/α-hetero) is 2. The van der Waals surface area contributed by atoms with Gasteiger partial charge < -0.3 is 5.73 Å². The van der Waals surface area contributed by atoms with Crippen molar-refractivity contribution in [3.63, 3.8) is 0 Å². The number of rotatable bonds is 6. The lowest BCUT2D eigenvalue weighted by atomic mass is 10.0. The molecule has 108 valence electrons. The summed E-state index contributed by atoms with van der Waals surface area (Å²) < 4.78 is 0. The van der Waals surface area contributed by atoms with Crippen LogP contribution in [-0.4, -0.2) is 18.1 Å². The molecule has 0 bridgehead atoms. The number of ketones is 2. The molecule has 0 unspecified atom stereocenters. The van der Waals surface area contributed by atoms with Crippen molar-refractivity contribution >= 4 is 23.2 Å². The molecule has 4 heteroatoms. The number of nitrogens with two attached hydrogens (primary N) is 1. The molecule has 3 nitrogen and oxygen atoms in total. The van der Waals surface area contributed by atoms with Crippen LogP contribution in [0.4, 0.5) is 0 Å². The first-order valence-corrected chi connectivity index (χ1v) is 7.04. The second kappa shape index (κ2) is 7.16. The van der Waals surface area contributed by atoms with Gasteiger partial charge in [-0.1, -0.05) is 48.0 Å². The van der Waals surface area contributed by atoms with Crippen molar-refractivity contribution in [3.8, 4) is 0 Å². The number of hydrogen-bond acceptors (Lipinski definition) is 3. The normalized spacial score (nSPS) is 10.4. The Morgan fingerprint density at radius 1 is 0.952 bits per heavy atom. The van der Waals surface area contributed by atoms with Crippen molar-refractivity contribution in [3.05, 3.63) is 70.2 Å². The molecule has 0 saturated carbocycles. The number of benzene rings is 2. The van der Waals surface area contributed by atoms with E-state index in [-0.39, 0.29) is 18.1 Å². The summed E-state index contributed by atoms with van der Waals surface area (Å²) in [6, 6.07) is 14.3. The van der Waals surface area contributed by atoms with Crippen LogP contribution in [0.25, 0.3) is 0 Å². The maximum absolute atomic E-state index is 12.0. The highest BCUT2D eigenvalue weighted by Gasteiger charge is 2.07. The van der Waals surface area contributed by atoms with E-state index in [9.17, 15) is 9.59 Å². The minimum Gasteiger partial charge on any atom is -0.324 e. The van der Waals surface area contributed by atoms with Gasteiger partial charge in [-0.05, 0) is 23.3 Å². The van der Waals surface area contributed by atoms with Crippen LogP contribution in [0.15, 0.2) is 48.5 Å². The van der Waals surface area contributed by atoms with Crippen LogP contribution in [0.1, 0.15) is 21.5 Å². The van der Waals surface area contributed by atoms with E-state index < -0.39 is 0 Å². The predicted octanol–water partition coefficient (Wildman–Crippen LogP) is 2.84. The molecule has 21 heavy (non-hydrogen) atoms. The van der Waals surface area contributed by atoms with E-state index in [1.165, 1.54) is 0 Å². The number of halogens is 1. The van der Waals surface area contributed by atoms with E-state index in [4.69, 9.17) is 17.3 Å². The standard InChI is InChI=1S/C17H16ClNO2/c18-15-3-1-2-13(8-15)10-16(20)9-12-4-6-14(7-5-12)17(21)11-19/h1-8H,9-11,19H2. The SMILES string of the molecule is NCC(=O)c1ccc(CC(=O)Cc2cccc(Cl)c2)cc1. The van der Waals surface area contributed by atoms with Gasteiger partial charge >= 0.3 is 0 Å². The number of carbonyl (C=O) groups excluding carboxylic acids is 2. The van der Waals surface area contributed by atoms with Gasteiger partial charge in [0.1, 0.15) is 5.78 Å². The van der Waals surface area contributed by atoms with E-state index in [1.807, 2.05) is 12.1 Å². The average Bonchev–Trinajstić information content (AvgIpc) is 2.47. The third-order valence-corrected chi connectivity index (χ3v) is 3.39. The van der Waals surface area contributed by atoms with Crippen LogP contribution in [0.5, 0.6) is 0 Å². The minimum absolute atomic E-state index is 0.00690. The zero-order chi connectivity index (χ0) is 15.2. The van der Waals surface area contributed by atoms with Crippen LogP contribution in [0.3, 0.4) is 0 Å². The maximum Gasteiger partial charge on any atom is 0.176 e. The van der Waals surface area contributed by atoms with Gasteiger partial charge in [-0.3, -0.25) is 9.59 Å². The summed E-state index contributed by atoms with van der Waals surface area (Å²) in [5, 5.41) is 0.630. The Morgan fingerprint density at radius 3 is 2.24 bits per heavy atom. The molecule has 0 aliphatic rings. The predicted molar refractivity (Wildman–Crippen MR) is 83.7 cm³/mol. The van der Waals surface area contributed by atoms with Gasteiger partial charge in [0.15, 0.2) is 5.78 Å². The second-order valence-corrected chi connectivity index (χ2v) is 5.28. The van der Waals surface area contributed by atoms with Crippen LogP contribution in [0, 0.1) is 0 Å². The lowest BCUT2D eigenvalue weighted by Crippen LogP contribution is -2.13. The fraction of sp³-hybridized carbons (Fsp3) is 0.176. The molecule has 0 atom stereocenters. The Bertz CT molecular complexity index is 650. The van der Waals surface area contributed by atoms with Gasteiger partial charge in [0, 0.05) is 23.4 Å². The maximum atomic E-state index is 12.0. The fourth-order valence-electron chi connectivity index (χ4n) is 2.09. The number of hydrogen-bond donors (Lipinski definition) is 1. The van der Waals surface area contributed by atoms with Gasteiger partial charge in [0.25, 0.3) is 0 Å². The van der Waals surface area contributed by atoms with Gasteiger partial charge in [0.2, 0.25) is 0 Å². The molecule has 0 fully saturated rings. The third kappa shape index (κ3) is 4.52. The van der Waals surface area contributed by atoms with Crippen molar-refractivity contribution in [2.75, 3.05) is 6.54 Å². The molecule has 0 aliphatic carbocycles. The Balaban J connectivity index is 1.98. The Kier molecular flexibility index (Phi) is 5.26. The second-order valence-electron chi connectivity index (χ2n) is 4.85. The van der Waals surface area contributed by atoms with E-state index >= 15 is 0 Å². The Hall–Kier alpha value is -1.97. The summed E-state index contributed by atoms with van der Waals surface area (Å²) in [5.41, 5.74) is 7.67. The third-order valence-electron chi connectivity index (χ3n) is 3.15. The molecular formula is C17H16ClNO2. The lowest BCUT2D eigenvalue weighted by Gasteiger charge is -2.04. The molecule has 2 rings (SSSR count). The van der Waals surface area contributed by atoms with Crippen molar-refractivity contribution in [1.29, 1.82) is 0 Å². The van der Waals surface area contributed by atoms with E-state index in [0.29, 0.717) is 23.4 Å². The molecule has 0 aromatic heterocycles. The number of carbonyl (C=O) groups is 2. The summed E-state index contributed by atoms with van der Waals surface area (Å²) in [4.78, 5) is 23.5. The molecule has 0 aliphatic heterocycles. The zero-order valence-corrected chi connectivity index (χ0v) is 12.3. The zero-order valence-electron chi connectivity index (χ0n) is 11.5. The van der Waals surface area contributed by atoms with Gasteiger partial charge in [-0.2, -0.15) is 0 Å². The van der Waals surface area contributed by atoms with E-state index in [0.717, 1.165) is 11.1 Å². The summed E-state index contributed by atoms with van der Waals surface area (Å²) in [6.07, 6.45) is 0.688. The Labute approximate surface area is 128 Å². The highest BCUT2D eigenvalue weighted by molar-refractivity contribution is 6.30. The highest BCUT2D eigenvalue weighted by Crippen LogP contribution is 2.13. The van der Waals surface area contributed by atoms with Crippen molar-refractivity contribution in [2.24, 2.45) is 5.73 Å². The molecule has 0 radical (unpaired) electrons. The minimum atomic E-state index is -0.105. The van der Waals surface area contributed by atoms with Crippen LogP contribution in [-0.2, 0) is 17.6 Å². The highest BCUT2D eigenvalue weighted by atomic mass is 35.5. The fourth-order valence-corrected chi connectivity index (χ4v) is 2.30. The average molecular weight is 302 g/mol. The van der Waals surface area contributed by atoms with Crippen molar-refractivity contribution in [2.45, 2.75) is 12.8 Å². The first-order valence-electron chi connectivity index (χ1n) is 6.67. The first kappa shape index (κ1) is 15.4.